The predicted molar refractivity (Wildman–Crippen MR) is 95.6 cm³/mol. The number of carbonyl (C=O) groups is 3. The summed E-state index contributed by atoms with van der Waals surface area (Å²) in [4.78, 5) is 50.4. The van der Waals surface area contributed by atoms with E-state index in [1.165, 1.54) is 17.0 Å². The van der Waals surface area contributed by atoms with E-state index < -0.39 is 16.7 Å². The third kappa shape index (κ3) is 2.75. The van der Waals surface area contributed by atoms with Gasteiger partial charge in [-0.05, 0) is 24.1 Å². The Balaban J connectivity index is 1.48. The molecule has 8 heteroatoms. The molecule has 2 heterocycles. The molecular weight excluding hydrogens is 350 g/mol. The van der Waals surface area contributed by atoms with Gasteiger partial charge in [-0.2, -0.15) is 0 Å². The number of anilines is 1. The maximum atomic E-state index is 12.6. The van der Waals surface area contributed by atoms with Gasteiger partial charge in [0.25, 0.3) is 17.5 Å². The van der Waals surface area contributed by atoms with Crippen molar-refractivity contribution in [3.8, 4) is 0 Å². The van der Waals surface area contributed by atoms with Gasteiger partial charge in [-0.3, -0.25) is 29.4 Å². The summed E-state index contributed by atoms with van der Waals surface area (Å²) in [6.45, 7) is 0.406. The third-order valence-corrected chi connectivity index (χ3v) is 4.90. The van der Waals surface area contributed by atoms with E-state index in [-0.39, 0.29) is 24.6 Å². The highest BCUT2D eigenvalue weighted by atomic mass is 16.6. The van der Waals surface area contributed by atoms with Crippen LogP contribution in [0.15, 0.2) is 42.5 Å². The Hall–Kier alpha value is -3.55. The van der Waals surface area contributed by atoms with Crippen molar-refractivity contribution in [2.75, 3.05) is 18.0 Å². The van der Waals surface area contributed by atoms with Gasteiger partial charge in [0.1, 0.15) is 0 Å². The van der Waals surface area contributed by atoms with Crippen molar-refractivity contribution in [2.24, 2.45) is 0 Å². The molecule has 0 radical (unpaired) electrons. The highest BCUT2D eigenvalue weighted by Gasteiger charge is 2.36. The minimum Gasteiger partial charge on any atom is -0.312 e. The normalized spacial score (nSPS) is 15.1. The standard InChI is InChI=1S/C19H15N3O5/c23-17(20-9-7-12-5-6-13(22(26)27)11-16(12)20)8-10-21-18(24)14-3-1-2-4-15(14)19(21)25/h1-6,11H,7-10H2. The van der Waals surface area contributed by atoms with Crippen LogP contribution in [0, 0.1) is 10.1 Å². The van der Waals surface area contributed by atoms with Crippen LogP contribution in [-0.4, -0.2) is 40.6 Å². The average Bonchev–Trinajstić information content (AvgIpc) is 3.20. The average molecular weight is 365 g/mol. The number of rotatable bonds is 4. The number of nitrogens with zero attached hydrogens (tertiary/aromatic N) is 3. The summed E-state index contributed by atoms with van der Waals surface area (Å²) in [6, 6.07) is 11.0. The molecule has 0 saturated carbocycles. The fourth-order valence-corrected chi connectivity index (χ4v) is 3.52. The van der Waals surface area contributed by atoms with Crippen LogP contribution >= 0.6 is 0 Å². The first-order valence-corrected chi connectivity index (χ1v) is 8.50. The molecule has 4 rings (SSSR count). The zero-order valence-electron chi connectivity index (χ0n) is 14.3. The summed E-state index contributed by atoms with van der Waals surface area (Å²) in [5.74, 6) is -1.08. The Bertz CT molecular complexity index is 966. The molecule has 0 N–H and O–H groups in total. The summed E-state index contributed by atoms with van der Waals surface area (Å²) in [6.07, 6.45) is 0.583. The number of nitro groups is 1. The van der Waals surface area contributed by atoms with Crippen LogP contribution < -0.4 is 4.90 Å². The topological polar surface area (TPSA) is 101 Å². The number of non-ortho nitro benzene ring substituents is 1. The van der Waals surface area contributed by atoms with Crippen molar-refractivity contribution in [2.45, 2.75) is 12.8 Å². The van der Waals surface area contributed by atoms with Gasteiger partial charge in [-0.15, -0.1) is 0 Å². The number of imide groups is 1. The molecule has 0 atom stereocenters. The molecule has 0 unspecified atom stereocenters. The quantitative estimate of drug-likeness (QED) is 0.469. The van der Waals surface area contributed by atoms with Gasteiger partial charge in [0, 0.05) is 31.6 Å². The molecule has 0 bridgehead atoms. The summed E-state index contributed by atoms with van der Waals surface area (Å²) >= 11 is 0. The molecule has 2 aromatic rings. The molecule has 2 aromatic carbocycles. The zero-order valence-corrected chi connectivity index (χ0v) is 14.3. The molecule has 3 amide bonds. The maximum Gasteiger partial charge on any atom is 0.271 e. The van der Waals surface area contributed by atoms with Crippen LogP contribution in [0.1, 0.15) is 32.7 Å². The maximum absolute atomic E-state index is 12.6. The van der Waals surface area contributed by atoms with Gasteiger partial charge in [0.2, 0.25) is 5.91 Å². The second kappa shape index (κ2) is 6.31. The van der Waals surface area contributed by atoms with Gasteiger partial charge in [-0.1, -0.05) is 18.2 Å². The minimum atomic E-state index is -0.500. The van der Waals surface area contributed by atoms with E-state index in [0.717, 1.165) is 10.5 Å². The molecule has 0 saturated heterocycles. The van der Waals surface area contributed by atoms with Crippen LogP contribution in [0.2, 0.25) is 0 Å². The van der Waals surface area contributed by atoms with E-state index in [9.17, 15) is 24.5 Å². The minimum absolute atomic E-state index is 0.0219. The summed E-state index contributed by atoms with van der Waals surface area (Å²) in [5, 5.41) is 11.0. The fraction of sp³-hybridized carbons (Fsp3) is 0.211. The van der Waals surface area contributed by atoms with Crippen molar-refractivity contribution in [3.05, 3.63) is 69.3 Å². The van der Waals surface area contributed by atoms with Crippen molar-refractivity contribution in [1.82, 2.24) is 4.90 Å². The van der Waals surface area contributed by atoms with Gasteiger partial charge in [-0.25, -0.2) is 0 Å². The molecule has 2 aliphatic heterocycles. The SMILES string of the molecule is O=C1c2ccccc2C(=O)N1CCC(=O)N1CCc2ccc([N+](=O)[O-])cc21. The van der Waals surface area contributed by atoms with Crippen LogP contribution in [0.25, 0.3) is 0 Å². The number of carbonyl (C=O) groups excluding carboxylic acids is 3. The summed E-state index contributed by atoms with van der Waals surface area (Å²) in [5.41, 5.74) is 2.01. The Labute approximate surface area is 154 Å². The van der Waals surface area contributed by atoms with Gasteiger partial charge in [0.05, 0.1) is 21.7 Å². The molecule has 8 nitrogen and oxygen atoms in total. The lowest BCUT2D eigenvalue weighted by atomic mass is 10.1. The van der Waals surface area contributed by atoms with Crippen molar-refractivity contribution < 1.29 is 19.3 Å². The number of benzene rings is 2. The largest absolute Gasteiger partial charge is 0.312 e. The number of amides is 3. The Kier molecular flexibility index (Phi) is 3.95. The fourth-order valence-electron chi connectivity index (χ4n) is 3.52. The summed E-state index contributed by atoms with van der Waals surface area (Å²) < 4.78 is 0. The second-order valence-electron chi connectivity index (χ2n) is 6.42. The highest BCUT2D eigenvalue weighted by Crippen LogP contribution is 2.32. The van der Waals surface area contributed by atoms with Crippen molar-refractivity contribution in [3.63, 3.8) is 0 Å². The number of fused-ring (bicyclic) bond motifs is 2. The first kappa shape index (κ1) is 16.9. The first-order valence-electron chi connectivity index (χ1n) is 8.50. The number of nitro benzene ring substituents is 1. The second-order valence-corrected chi connectivity index (χ2v) is 6.42. The van der Waals surface area contributed by atoms with E-state index >= 15 is 0 Å². The van der Waals surface area contributed by atoms with Gasteiger partial charge >= 0.3 is 0 Å². The Morgan fingerprint density at radius 1 is 1.07 bits per heavy atom. The van der Waals surface area contributed by atoms with E-state index in [1.54, 1.807) is 30.3 Å². The monoisotopic (exact) mass is 365 g/mol. The van der Waals surface area contributed by atoms with Crippen LogP contribution in [0.3, 0.4) is 0 Å². The molecule has 0 aliphatic carbocycles. The zero-order chi connectivity index (χ0) is 19.1. The molecule has 136 valence electrons. The highest BCUT2D eigenvalue weighted by molar-refractivity contribution is 6.21. The number of hydrogen-bond donors (Lipinski definition) is 0. The lowest BCUT2D eigenvalue weighted by Gasteiger charge is -2.19. The smallest absolute Gasteiger partial charge is 0.271 e. The van der Waals surface area contributed by atoms with E-state index in [2.05, 4.69) is 0 Å². The van der Waals surface area contributed by atoms with Crippen LogP contribution in [0.5, 0.6) is 0 Å². The molecule has 27 heavy (non-hydrogen) atoms. The molecule has 0 spiro atoms. The number of hydrogen-bond acceptors (Lipinski definition) is 5. The molecule has 2 aliphatic rings. The van der Waals surface area contributed by atoms with Crippen LogP contribution in [-0.2, 0) is 11.2 Å². The molecular formula is C19H15N3O5. The van der Waals surface area contributed by atoms with Crippen molar-refractivity contribution in [1.29, 1.82) is 0 Å². The van der Waals surface area contributed by atoms with E-state index in [1.807, 2.05) is 0 Å². The van der Waals surface area contributed by atoms with Crippen molar-refractivity contribution >= 4 is 29.1 Å². The lowest BCUT2D eigenvalue weighted by Crippen LogP contribution is -2.36. The van der Waals surface area contributed by atoms with E-state index in [4.69, 9.17) is 0 Å². The Morgan fingerprint density at radius 3 is 2.37 bits per heavy atom. The van der Waals surface area contributed by atoms with E-state index in [0.29, 0.717) is 29.8 Å². The van der Waals surface area contributed by atoms with Crippen LogP contribution in [0.4, 0.5) is 11.4 Å². The molecule has 0 aromatic heterocycles. The molecule has 0 fully saturated rings. The third-order valence-electron chi connectivity index (χ3n) is 4.90. The Morgan fingerprint density at radius 2 is 1.74 bits per heavy atom. The van der Waals surface area contributed by atoms with Gasteiger partial charge < -0.3 is 4.90 Å². The lowest BCUT2D eigenvalue weighted by molar-refractivity contribution is -0.384. The first-order chi connectivity index (χ1) is 13.0. The predicted octanol–water partition coefficient (Wildman–Crippen LogP) is 2.17. The van der Waals surface area contributed by atoms with Gasteiger partial charge in [0.15, 0.2) is 0 Å². The summed E-state index contributed by atoms with van der Waals surface area (Å²) in [7, 11) is 0.